The molecule has 0 aromatic heterocycles. The second-order valence-corrected chi connectivity index (χ2v) is 8.73. The van der Waals surface area contributed by atoms with Crippen molar-refractivity contribution in [1.82, 2.24) is 9.80 Å². The van der Waals surface area contributed by atoms with E-state index in [2.05, 4.69) is 13.8 Å². The fourth-order valence-electron chi connectivity index (χ4n) is 3.76. The van der Waals surface area contributed by atoms with Crippen molar-refractivity contribution in [3.63, 3.8) is 0 Å². The Kier molecular flexibility index (Phi) is 7.48. The van der Waals surface area contributed by atoms with E-state index in [4.69, 9.17) is 9.47 Å². The van der Waals surface area contributed by atoms with Crippen molar-refractivity contribution in [1.29, 1.82) is 0 Å². The third-order valence-corrected chi connectivity index (χ3v) is 6.30. The molecule has 2 aliphatic rings. The van der Waals surface area contributed by atoms with Crippen molar-refractivity contribution in [2.24, 2.45) is 5.92 Å². The number of benzene rings is 1. The van der Waals surface area contributed by atoms with Crippen LogP contribution in [0, 0.1) is 5.92 Å². The summed E-state index contributed by atoms with van der Waals surface area (Å²) in [6, 6.07) is 10.0. The maximum atomic E-state index is 12.5. The zero-order chi connectivity index (χ0) is 19.9. The van der Waals surface area contributed by atoms with E-state index in [0.29, 0.717) is 38.0 Å². The largest absolute Gasteiger partial charge is 0.493 e. The van der Waals surface area contributed by atoms with Crippen molar-refractivity contribution < 1.29 is 19.1 Å². The van der Waals surface area contributed by atoms with E-state index in [0.717, 1.165) is 24.3 Å². The first-order valence-corrected chi connectivity index (χ1v) is 11.2. The van der Waals surface area contributed by atoms with Gasteiger partial charge in [-0.15, -0.1) is 11.8 Å². The van der Waals surface area contributed by atoms with Crippen LogP contribution >= 0.6 is 11.8 Å². The smallest absolute Gasteiger partial charge is 0.410 e. The highest BCUT2D eigenvalue weighted by Gasteiger charge is 2.40. The van der Waals surface area contributed by atoms with Gasteiger partial charge in [-0.3, -0.25) is 9.69 Å². The maximum absolute atomic E-state index is 12.5. The van der Waals surface area contributed by atoms with E-state index in [1.54, 1.807) is 11.8 Å². The number of hydrogen-bond acceptors (Lipinski definition) is 5. The lowest BCUT2D eigenvalue weighted by Gasteiger charge is -2.38. The summed E-state index contributed by atoms with van der Waals surface area (Å²) >= 11 is 1.60. The van der Waals surface area contributed by atoms with Crippen LogP contribution in [-0.4, -0.2) is 71.7 Å². The molecule has 1 unspecified atom stereocenters. The minimum absolute atomic E-state index is 0.153. The molecule has 2 fully saturated rings. The van der Waals surface area contributed by atoms with Gasteiger partial charge in [0.1, 0.15) is 12.4 Å². The lowest BCUT2D eigenvalue weighted by molar-refractivity contribution is -0.129. The zero-order valence-corrected chi connectivity index (χ0v) is 17.5. The molecule has 2 aliphatic heterocycles. The molecule has 6 nitrogen and oxygen atoms in total. The van der Waals surface area contributed by atoms with E-state index in [9.17, 15) is 9.59 Å². The van der Waals surface area contributed by atoms with Crippen LogP contribution in [0.15, 0.2) is 30.3 Å². The summed E-state index contributed by atoms with van der Waals surface area (Å²) < 4.78 is 10.9. The predicted octanol–water partition coefficient (Wildman–Crippen LogP) is 3.27. The number of carbonyl (C=O) groups excluding carboxylic acids is 2. The molecule has 1 aromatic carbocycles. The summed E-state index contributed by atoms with van der Waals surface area (Å²) in [7, 11) is 0. The highest BCUT2D eigenvalue weighted by molar-refractivity contribution is 7.99. The average Bonchev–Trinajstić information content (AvgIpc) is 3.10. The highest BCUT2D eigenvalue weighted by Crippen LogP contribution is 2.27. The molecule has 1 aromatic rings. The van der Waals surface area contributed by atoms with Gasteiger partial charge in [-0.05, 0) is 30.9 Å². The summed E-state index contributed by atoms with van der Waals surface area (Å²) in [6.45, 7) is 6.74. The Morgan fingerprint density at radius 2 is 1.96 bits per heavy atom. The number of para-hydroxylation sites is 1. The molecule has 7 heteroatoms. The first-order chi connectivity index (χ1) is 13.6. The van der Waals surface area contributed by atoms with Crippen LogP contribution in [0.2, 0.25) is 0 Å². The molecule has 0 aliphatic carbocycles. The number of rotatable bonds is 8. The van der Waals surface area contributed by atoms with Gasteiger partial charge in [-0.2, -0.15) is 0 Å². The normalized spacial score (nSPS) is 20.5. The van der Waals surface area contributed by atoms with Gasteiger partial charge >= 0.3 is 6.09 Å². The van der Waals surface area contributed by atoms with Gasteiger partial charge in [0.05, 0.1) is 18.4 Å². The van der Waals surface area contributed by atoms with Crippen LogP contribution in [0.1, 0.15) is 26.7 Å². The van der Waals surface area contributed by atoms with Crippen LogP contribution < -0.4 is 4.74 Å². The fourth-order valence-corrected chi connectivity index (χ4v) is 4.46. The maximum Gasteiger partial charge on any atom is 0.410 e. The Bertz CT molecular complexity index is 647. The van der Waals surface area contributed by atoms with Gasteiger partial charge in [0.25, 0.3) is 0 Å². The lowest BCUT2D eigenvalue weighted by atomic mass is 9.98. The lowest BCUT2D eigenvalue weighted by Crippen LogP contribution is -2.51. The predicted molar refractivity (Wildman–Crippen MR) is 111 cm³/mol. The molecule has 0 N–H and O–H groups in total. The molecule has 3 rings (SSSR count). The summed E-state index contributed by atoms with van der Waals surface area (Å²) in [5, 5.41) is 0. The minimum atomic E-state index is -0.197. The van der Waals surface area contributed by atoms with E-state index >= 15 is 0 Å². The second kappa shape index (κ2) is 10.0. The highest BCUT2D eigenvalue weighted by atomic mass is 32.2. The molecule has 1 atom stereocenters. The number of thioether (sulfide) groups is 1. The van der Waals surface area contributed by atoms with Gasteiger partial charge in [0, 0.05) is 24.9 Å². The molecule has 0 saturated carbocycles. The Labute approximate surface area is 171 Å². The van der Waals surface area contributed by atoms with E-state index in [1.165, 1.54) is 0 Å². The standard InChI is InChI=1S/C21H30N2O4S/c1-16(2)19-14-27-21(25)23(19)17-8-10-22(11-9-17)20(24)15-28-13-12-26-18-6-4-3-5-7-18/h3-7,16-17,19H,8-15H2,1-2H3. The van der Waals surface area contributed by atoms with Crippen LogP contribution in [0.3, 0.4) is 0 Å². The fraction of sp³-hybridized carbons (Fsp3) is 0.619. The van der Waals surface area contributed by atoms with Crippen LogP contribution in [0.4, 0.5) is 4.79 Å². The van der Waals surface area contributed by atoms with Gasteiger partial charge in [-0.25, -0.2) is 4.79 Å². The Balaban J connectivity index is 1.35. The number of ether oxygens (including phenoxy) is 2. The number of likely N-dealkylation sites (tertiary alicyclic amines) is 1. The van der Waals surface area contributed by atoms with E-state index in [-0.39, 0.29) is 24.1 Å². The van der Waals surface area contributed by atoms with Gasteiger partial charge in [0.15, 0.2) is 0 Å². The molecule has 154 valence electrons. The molecule has 0 spiro atoms. The third-order valence-electron chi connectivity index (χ3n) is 5.39. The Morgan fingerprint density at radius 1 is 1.25 bits per heavy atom. The molecule has 2 saturated heterocycles. The summed E-state index contributed by atoms with van der Waals surface area (Å²) in [4.78, 5) is 28.4. The minimum Gasteiger partial charge on any atom is -0.493 e. The molecular weight excluding hydrogens is 376 g/mol. The zero-order valence-electron chi connectivity index (χ0n) is 16.7. The van der Waals surface area contributed by atoms with Crippen LogP contribution in [0.25, 0.3) is 0 Å². The summed E-state index contributed by atoms with van der Waals surface area (Å²) in [5.74, 6) is 2.67. The van der Waals surface area contributed by atoms with Gasteiger partial charge in [0.2, 0.25) is 5.91 Å². The second-order valence-electron chi connectivity index (χ2n) is 7.62. The third kappa shape index (κ3) is 5.34. The number of amides is 2. The van der Waals surface area contributed by atoms with E-state index in [1.807, 2.05) is 40.1 Å². The number of hydrogen-bond donors (Lipinski definition) is 0. The van der Waals surface area contributed by atoms with Crippen molar-refractivity contribution in [2.75, 3.05) is 37.8 Å². The van der Waals surface area contributed by atoms with Crippen molar-refractivity contribution >= 4 is 23.8 Å². The van der Waals surface area contributed by atoms with Crippen LogP contribution in [0.5, 0.6) is 5.75 Å². The first-order valence-electron chi connectivity index (χ1n) is 10.0. The molecule has 2 amide bonds. The Hall–Kier alpha value is -1.89. The number of carbonyl (C=O) groups is 2. The molecule has 0 bridgehead atoms. The van der Waals surface area contributed by atoms with Crippen molar-refractivity contribution in [3.8, 4) is 5.75 Å². The number of cyclic esters (lactones) is 1. The van der Waals surface area contributed by atoms with Gasteiger partial charge < -0.3 is 14.4 Å². The quantitative estimate of drug-likeness (QED) is 0.620. The Morgan fingerprint density at radius 3 is 2.64 bits per heavy atom. The van der Waals surface area contributed by atoms with Gasteiger partial charge in [-0.1, -0.05) is 32.0 Å². The van der Waals surface area contributed by atoms with Crippen LogP contribution in [-0.2, 0) is 9.53 Å². The molecular formula is C21H30N2O4S. The topological polar surface area (TPSA) is 59.1 Å². The summed E-state index contributed by atoms with van der Waals surface area (Å²) in [6.07, 6.45) is 1.45. The number of piperidine rings is 1. The molecule has 28 heavy (non-hydrogen) atoms. The van der Waals surface area contributed by atoms with Crippen molar-refractivity contribution in [2.45, 2.75) is 38.8 Å². The first kappa shape index (κ1) is 20.8. The number of nitrogens with zero attached hydrogens (tertiary/aromatic N) is 2. The molecule has 0 radical (unpaired) electrons. The SMILES string of the molecule is CC(C)C1COC(=O)N1C1CCN(C(=O)CSCCOc2ccccc2)CC1. The average molecular weight is 407 g/mol. The van der Waals surface area contributed by atoms with Crippen molar-refractivity contribution in [3.05, 3.63) is 30.3 Å². The summed E-state index contributed by atoms with van der Waals surface area (Å²) in [5.41, 5.74) is 0. The van der Waals surface area contributed by atoms with E-state index < -0.39 is 0 Å². The molecule has 2 heterocycles. The monoisotopic (exact) mass is 406 g/mol.